The summed E-state index contributed by atoms with van der Waals surface area (Å²) in [6.07, 6.45) is 0. The first-order valence-electron chi connectivity index (χ1n) is 13.1. The highest BCUT2D eigenvalue weighted by atomic mass is 35.5. The molecule has 0 saturated carbocycles. The van der Waals surface area contributed by atoms with Crippen molar-refractivity contribution in [1.29, 1.82) is 0 Å². The first kappa shape index (κ1) is 31.8. The fraction of sp³-hybridized carbons (Fsp3) is 0.333. The van der Waals surface area contributed by atoms with Crippen molar-refractivity contribution in [2.75, 3.05) is 31.6 Å². The second-order valence-electron chi connectivity index (χ2n) is 9.83. The summed E-state index contributed by atoms with van der Waals surface area (Å²) in [6, 6.07) is 18.6. The molecule has 1 N–H and O–H groups in total. The molecule has 2 amide bonds. The number of hydrogen-bond donors (Lipinski definition) is 1. The molecule has 0 aliphatic carbocycles. The number of benzene rings is 3. The van der Waals surface area contributed by atoms with Gasteiger partial charge in [0.15, 0.2) is 11.5 Å². The Labute approximate surface area is 247 Å². The molecule has 3 rings (SSSR count). The van der Waals surface area contributed by atoms with Gasteiger partial charge in [0, 0.05) is 24.2 Å². The minimum atomic E-state index is -4.26. The molecule has 0 spiro atoms. The van der Waals surface area contributed by atoms with Crippen LogP contribution < -0.4 is 19.1 Å². The van der Waals surface area contributed by atoms with Crippen molar-refractivity contribution in [2.24, 2.45) is 5.92 Å². The number of carbonyl (C=O) groups excluding carboxylic acids is 2. The fourth-order valence-corrected chi connectivity index (χ4v) is 5.74. The molecule has 1 unspecified atom stereocenters. The third-order valence-electron chi connectivity index (χ3n) is 6.36. The Balaban J connectivity index is 2.03. The summed E-state index contributed by atoms with van der Waals surface area (Å²) in [4.78, 5) is 28.3. The number of nitrogens with one attached hydrogen (secondary N) is 1. The van der Waals surface area contributed by atoms with Crippen molar-refractivity contribution < 1.29 is 27.5 Å². The predicted molar refractivity (Wildman–Crippen MR) is 160 cm³/mol. The molecule has 0 bridgehead atoms. The summed E-state index contributed by atoms with van der Waals surface area (Å²) in [6.45, 7) is 5.49. The van der Waals surface area contributed by atoms with E-state index in [9.17, 15) is 18.0 Å². The molecule has 220 valence electrons. The standard InChI is InChI=1S/C30H36ClN3O6S/c1-21(2)18-32-30(36)22(3)33(19-23-10-9-11-24(31)16-23)29(35)20-34(25-12-7-6-8-13-25)41(37,38)26-14-15-27(39-4)28(17-26)40-5/h6-17,21-22H,18-20H2,1-5H3,(H,32,36). The van der Waals surface area contributed by atoms with E-state index in [2.05, 4.69) is 5.32 Å². The Morgan fingerprint density at radius 1 is 0.902 bits per heavy atom. The number of methoxy groups -OCH3 is 2. The lowest BCUT2D eigenvalue weighted by atomic mass is 10.1. The lowest BCUT2D eigenvalue weighted by molar-refractivity contribution is -0.139. The summed E-state index contributed by atoms with van der Waals surface area (Å²) in [7, 11) is -1.40. The van der Waals surface area contributed by atoms with E-state index in [0.717, 1.165) is 4.31 Å². The van der Waals surface area contributed by atoms with E-state index in [1.165, 1.54) is 37.3 Å². The quantitative estimate of drug-likeness (QED) is 0.303. The zero-order chi connectivity index (χ0) is 30.2. The number of carbonyl (C=O) groups is 2. The van der Waals surface area contributed by atoms with E-state index >= 15 is 0 Å². The van der Waals surface area contributed by atoms with Gasteiger partial charge >= 0.3 is 0 Å². The largest absolute Gasteiger partial charge is 0.493 e. The van der Waals surface area contributed by atoms with Gasteiger partial charge in [-0.15, -0.1) is 0 Å². The second-order valence-corrected chi connectivity index (χ2v) is 12.1. The van der Waals surface area contributed by atoms with Gasteiger partial charge in [-0.3, -0.25) is 13.9 Å². The summed E-state index contributed by atoms with van der Waals surface area (Å²) >= 11 is 6.18. The monoisotopic (exact) mass is 601 g/mol. The average Bonchev–Trinajstić information content (AvgIpc) is 2.96. The van der Waals surface area contributed by atoms with Gasteiger partial charge < -0.3 is 19.7 Å². The smallest absolute Gasteiger partial charge is 0.264 e. The second kappa shape index (κ2) is 14.2. The van der Waals surface area contributed by atoms with E-state index < -0.39 is 28.5 Å². The van der Waals surface area contributed by atoms with Crippen LogP contribution in [0.15, 0.2) is 77.7 Å². The molecule has 0 saturated heterocycles. The van der Waals surface area contributed by atoms with E-state index in [0.29, 0.717) is 22.9 Å². The van der Waals surface area contributed by atoms with Gasteiger partial charge in [-0.2, -0.15) is 0 Å². The van der Waals surface area contributed by atoms with Gasteiger partial charge in [0.25, 0.3) is 10.0 Å². The third kappa shape index (κ3) is 8.14. The zero-order valence-corrected chi connectivity index (χ0v) is 25.4. The van der Waals surface area contributed by atoms with Crippen molar-refractivity contribution in [3.63, 3.8) is 0 Å². The van der Waals surface area contributed by atoms with E-state index in [4.69, 9.17) is 21.1 Å². The SMILES string of the molecule is COc1ccc(S(=O)(=O)N(CC(=O)N(Cc2cccc(Cl)c2)C(C)C(=O)NCC(C)C)c2ccccc2)cc1OC. The van der Waals surface area contributed by atoms with E-state index in [1.807, 2.05) is 13.8 Å². The van der Waals surface area contributed by atoms with Crippen LogP contribution in [-0.4, -0.2) is 58.5 Å². The summed E-state index contributed by atoms with van der Waals surface area (Å²) in [5.74, 6) is -0.106. The minimum absolute atomic E-state index is 0.0503. The third-order valence-corrected chi connectivity index (χ3v) is 8.36. The number of para-hydroxylation sites is 1. The van der Waals surface area contributed by atoms with Crippen molar-refractivity contribution in [2.45, 2.75) is 38.3 Å². The van der Waals surface area contributed by atoms with Gasteiger partial charge in [0.2, 0.25) is 11.8 Å². The molecule has 0 aliphatic heterocycles. The topological polar surface area (TPSA) is 105 Å². The van der Waals surface area contributed by atoms with Crippen LogP contribution in [0.3, 0.4) is 0 Å². The van der Waals surface area contributed by atoms with Gasteiger partial charge in [-0.05, 0) is 54.8 Å². The molecular weight excluding hydrogens is 566 g/mol. The molecule has 0 fully saturated rings. The fourth-order valence-electron chi connectivity index (χ4n) is 4.09. The summed E-state index contributed by atoms with van der Waals surface area (Å²) in [5, 5.41) is 3.34. The number of rotatable bonds is 13. The molecule has 0 aliphatic rings. The molecule has 0 aromatic heterocycles. The van der Waals surface area contributed by atoms with Crippen LogP contribution in [0.5, 0.6) is 11.5 Å². The van der Waals surface area contributed by atoms with Crippen molar-refractivity contribution >= 4 is 39.1 Å². The first-order chi connectivity index (χ1) is 19.5. The maximum atomic E-state index is 14.0. The van der Waals surface area contributed by atoms with Gasteiger partial charge in [0.05, 0.1) is 24.8 Å². The number of amides is 2. The van der Waals surface area contributed by atoms with Crippen molar-refractivity contribution in [3.8, 4) is 11.5 Å². The Morgan fingerprint density at radius 3 is 2.20 bits per heavy atom. The summed E-state index contributed by atoms with van der Waals surface area (Å²) < 4.78 is 39.6. The maximum Gasteiger partial charge on any atom is 0.264 e. The normalized spacial score (nSPS) is 12.0. The molecule has 0 radical (unpaired) electrons. The average molecular weight is 602 g/mol. The number of anilines is 1. The maximum absolute atomic E-state index is 14.0. The van der Waals surface area contributed by atoms with Gasteiger partial charge in [-0.25, -0.2) is 8.42 Å². The highest BCUT2D eigenvalue weighted by Crippen LogP contribution is 2.32. The van der Waals surface area contributed by atoms with Crippen LogP contribution in [0.25, 0.3) is 0 Å². The molecule has 9 nitrogen and oxygen atoms in total. The highest BCUT2D eigenvalue weighted by Gasteiger charge is 2.33. The van der Waals surface area contributed by atoms with E-state index in [-0.39, 0.29) is 34.7 Å². The zero-order valence-electron chi connectivity index (χ0n) is 23.8. The van der Waals surface area contributed by atoms with Crippen LogP contribution in [0.4, 0.5) is 5.69 Å². The van der Waals surface area contributed by atoms with Gasteiger partial charge in [-0.1, -0.05) is 55.8 Å². The molecule has 0 heterocycles. The van der Waals surface area contributed by atoms with Crippen LogP contribution >= 0.6 is 11.6 Å². The molecule has 3 aromatic carbocycles. The molecule has 41 heavy (non-hydrogen) atoms. The van der Waals surface area contributed by atoms with Crippen molar-refractivity contribution in [1.82, 2.24) is 10.2 Å². The van der Waals surface area contributed by atoms with Crippen LogP contribution in [0, 0.1) is 5.92 Å². The number of halogens is 1. The Kier molecular flexibility index (Phi) is 11.0. The van der Waals surface area contributed by atoms with Gasteiger partial charge in [0.1, 0.15) is 12.6 Å². The van der Waals surface area contributed by atoms with Crippen molar-refractivity contribution in [3.05, 3.63) is 83.4 Å². The van der Waals surface area contributed by atoms with Crippen LogP contribution in [0.1, 0.15) is 26.3 Å². The Morgan fingerprint density at radius 2 is 1.59 bits per heavy atom. The first-order valence-corrected chi connectivity index (χ1v) is 14.9. The number of hydrogen-bond acceptors (Lipinski definition) is 6. The molecule has 3 aromatic rings. The molecule has 1 atom stereocenters. The molecular formula is C30H36ClN3O6S. The highest BCUT2D eigenvalue weighted by molar-refractivity contribution is 7.92. The lowest BCUT2D eigenvalue weighted by Crippen LogP contribution is -2.51. The Bertz CT molecular complexity index is 1450. The lowest BCUT2D eigenvalue weighted by Gasteiger charge is -2.32. The van der Waals surface area contributed by atoms with E-state index in [1.54, 1.807) is 61.5 Å². The Hall–Kier alpha value is -3.76. The predicted octanol–water partition coefficient (Wildman–Crippen LogP) is 4.74. The number of sulfonamides is 1. The minimum Gasteiger partial charge on any atom is -0.493 e. The molecule has 11 heteroatoms. The number of ether oxygens (including phenoxy) is 2. The van der Waals surface area contributed by atoms with Crippen LogP contribution in [-0.2, 0) is 26.2 Å². The van der Waals surface area contributed by atoms with Crippen LogP contribution in [0.2, 0.25) is 5.02 Å². The summed E-state index contributed by atoms with van der Waals surface area (Å²) in [5.41, 5.74) is 0.985. The number of nitrogens with zero attached hydrogens (tertiary/aromatic N) is 2.